The van der Waals surface area contributed by atoms with Crippen molar-refractivity contribution in [2.24, 2.45) is 29.1 Å². The van der Waals surface area contributed by atoms with Gasteiger partial charge in [0.1, 0.15) is 0 Å². The second-order valence-corrected chi connectivity index (χ2v) is 20.8. The largest absolute Gasteiger partial charge is 1.00 e. The van der Waals surface area contributed by atoms with E-state index >= 15 is 0 Å². The van der Waals surface area contributed by atoms with Gasteiger partial charge in [-0.15, -0.1) is 0 Å². The Morgan fingerprint density at radius 2 is 1.27 bits per heavy atom. The van der Waals surface area contributed by atoms with Crippen LogP contribution < -0.4 is 24.8 Å². The normalized spacial score (nSPS) is 31.6. The monoisotopic (exact) mass is 648 g/mol. The zero-order valence-corrected chi connectivity index (χ0v) is 28.3. The van der Waals surface area contributed by atoms with Crippen LogP contribution in [0.3, 0.4) is 0 Å². The van der Waals surface area contributed by atoms with Crippen LogP contribution >= 0.6 is 0 Å². The molecule has 2 aromatic rings. The van der Waals surface area contributed by atoms with Crippen LogP contribution in [0, 0.1) is 29.1 Å². The smallest absolute Gasteiger partial charge is 1.00 e. The van der Waals surface area contributed by atoms with Crippen LogP contribution in [0.5, 0.6) is 0 Å². The Bertz CT molecular complexity index is 1310. The van der Waals surface area contributed by atoms with E-state index in [1.165, 1.54) is 49.7 Å². The predicted octanol–water partition coefficient (Wildman–Crippen LogP) is 3.98. The van der Waals surface area contributed by atoms with E-state index < -0.39 is 21.3 Å². The van der Waals surface area contributed by atoms with Crippen molar-refractivity contribution in [3.63, 3.8) is 0 Å². The quantitative estimate of drug-likeness (QED) is 0.470. The molecule has 3 heteroatoms. The maximum Gasteiger partial charge on any atom is -1.00 e. The molecule has 210 valence electrons. The van der Waals surface area contributed by atoms with Gasteiger partial charge in [0.05, 0.1) is 0 Å². The molecule has 2 aromatic carbocycles. The maximum absolute atomic E-state index is 2.79. The van der Waals surface area contributed by atoms with Crippen LogP contribution in [0.2, 0.25) is 0 Å². The van der Waals surface area contributed by atoms with Gasteiger partial charge >= 0.3 is 239 Å². The minimum absolute atomic E-state index is 0. The molecule has 7 aliphatic rings. The van der Waals surface area contributed by atoms with Gasteiger partial charge in [0, 0.05) is 0 Å². The molecule has 0 aliphatic heterocycles. The molecule has 0 N–H and O–H groups in total. The SMILES string of the molecule is CC1=[C]([Zr+2](=[C]2CCCCC2)[CH]2c3ccccc3-c3ccccc32)C(C)C=C1CC12CC3CC(CC(C3)C1)C2.[Cl-].[Cl-]. The summed E-state index contributed by atoms with van der Waals surface area (Å²) < 4.78 is 4.72. The van der Waals surface area contributed by atoms with Crippen molar-refractivity contribution in [3.8, 4) is 11.1 Å². The first-order valence-electron chi connectivity index (χ1n) is 15.9. The van der Waals surface area contributed by atoms with E-state index in [4.69, 9.17) is 0 Å². The molecule has 0 saturated heterocycles. The molecule has 5 fully saturated rings. The summed E-state index contributed by atoms with van der Waals surface area (Å²) in [4.78, 5) is 0. The fourth-order valence-electron chi connectivity index (χ4n) is 10.8. The number of benzene rings is 2. The third kappa shape index (κ3) is 4.78. The summed E-state index contributed by atoms with van der Waals surface area (Å²) >= 11 is -2.21. The molecule has 0 radical (unpaired) electrons. The molecule has 0 heterocycles. The zero-order chi connectivity index (χ0) is 25.4. The van der Waals surface area contributed by atoms with Crippen molar-refractivity contribution >= 4 is 3.21 Å². The van der Waals surface area contributed by atoms with Gasteiger partial charge in [-0.05, 0) is 0 Å². The van der Waals surface area contributed by atoms with E-state index in [0.29, 0.717) is 15.0 Å². The van der Waals surface area contributed by atoms with Crippen molar-refractivity contribution in [2.45, 2.75) is 94.5 Å². The summed E-state index contributed by atoms with van der Waals surface area (Å²) in [5.41, 5.74) is 10.6. The van der Waals surface area contributed by atoms with Crippen molar-refractivity contribution in [2.75, 3.05) is 0 Å². The number of rotatable bonds is 4. The van der Waals surface area contributed by atoms with Crippen molar-refractivity contribution in [1.29, 1.82) is 0 Å². The van der Waals surface area contributed by atoms with Gasteiger partial charge in [-0.2, -0.15) is 0 Å². The Hall–Kier alpha value is -0.747. The minimum Gasteiger partial charge on any atom is -1.00 e. The van der Waals surface area contributed by atoms with Gasteiger partial charge in [-0.3, -0.25) is 0 Å². The molecule has 9 rings (SSSR count). The summed E-state index contributed by atoms with van der Waals surface area (Å²) in [5, 5.41) is 0. The third-order valence-electron chi connectivity index (χ3n) is 11.8. The van der Waals surface area contributed by atoms with Crippen LogP contribution in [-0.2, 0) is 21.3 Å². The summed E-state index contributed by atoms with van der Waals surface area (Å²) in [5.74, 6) is 3.82. The summed E-state index contributed by atoms with van der Waals surface area (Å²) in [6.07, 6.45) is 20.7. The molecule has 7 aliphatic carbocycles. The fraction of sp³-hybridized carbons (Fsp3) is 0.541. The van der Waals surface area contributed by atoms with Gasteiger partial charge in [0.15, 0.2) is 0 Å². The van der Waals surface area contributed by atoms with Gasteiger partial charge in [-0.25, -0.2) is 0 Å². The molecule has 0 nitrogen and oxygen atoms in total. The van der Waals surface area contributed by atoms with E-state index in [9.17, 15) is 0 Å². The predicted molar refractivity (Wildman–Crippen MR) is 157 cm³/mol. The average Bonchev–Trinajstić information content (AvgIpc) is 3.38. The van der Waals surface area contributed by atoms with Crippen molar-refractivity contribution < 1.29 is 46.1 Å². The molecule has 0 amide bonds. The number of fused-ring (bicyclic) bond motifs is 3. The minimum atomic E-state index is -2.21. The molecule has 1 atom stereocenters. The first-order chi connectivity index (χ1) is 18.6. The molecule has 0 aromatic heterocycles. The Kier molecular flexibility index (Phi) is 8.36. The van der Waals surface area contributed by atoms with E-state index in [-0.39, 0.29) is 24.8 Å². The Morgan fingerprint density at radius 3 is 1.82 bits per heavy atom. The second-order valence-electron chi connectivity index (χ2n) is 14.3. The third-order valence-corrected chi connectivity index (χ3v) is 21.3. The van der Waals surface area contributed by atoms with Crippen LogP contribution in [0.25, 0.3) is 11.1 Å². The van der Waals surface area contributed by atoms with Crippen LogP contribution in [0.4, 0.5) is 0 Å². The Morgan fingerprint density at radius 1 is 0.750 bits per heavy atom. The second kappa shape index (κ2) is 11.4. The molecule has 5 saturated carbocycles. The first-order valence-corrected chi connectivity index (χ1v) is 19.8. The average molecular weight is 651 g/mol. The molecule has 1 unspecified atom stereocenters. The zero-order valence-electron chi connectivity index (χ0n) is 24.3. The number of hydrogen-bond donors (Lipinski definition) is 0. The van der Waals surface area contributed by atoms with Gasteiger partial charge in [-0.1, -0.05) is 0 Å². The van der Waals surface area contributed by atoms with Crippen molar-refractivity contribution in [3.05, 3.63) is 80.2 Å². The number of halogens is 2. The van der Waals surface area contributed by atoms with E-state index in [2.05, 4.69) is 71.7 Å². The molecular weight excluding hydrogens is 607 g/mol. The summed E-state index contributed by atoms with van der Waals surface area (Å²) in [6.45, 7) is 5.17. The van der Waals surface area contributed by atoms with Gasteiger partial charge in [0.25, 0.3) is 0 Å². The van der Waals surface area contributed by atoms with Gasteiger partial charge in [0.2, 0.25) is 0 Å². The van der Waals surface area contributed by atoms with Crippen molar-refractivity contribution in [1.82, 2.24) is 0 Å². The van der Waals surface area contributed by atoms with E-state index in [1.54, 1.807) is 60.8 Å². The van der Waals surface area contributed by atoms with Crippen LogP contribution in [-0.4, -0.2) is 3.21 Å². The molecule has 4 bridgehead atoms. The van der Waals surface area contributed by atoms with E-state index in [1.807, 2.05) is 3.28 Å². The summed E-state index contributed by atoms with van der Waals surface area (Å²) in [7, 11) is 0. The first kappa shape index (κ1) is 29.3. The number of allylic oxidation sites excluding steroid dienone is 4. The van der Waals surface area contributed by atoms with Crippen LogP contribution in [0.1, 0.15) is 106 Å². The number of hydrogen-bond acceptors (Lipinski definition) is 0. The molecule has 40 heavy (non-hydrogen) atoms. The fourth-order valence-corrected chi connectivity index (χ4v) is 21.3. The maximum atomic E-state index is 2.79. The van der Waals surface area contributed by atoms with E-state index in [0.717, 1.165) is 17.8 Å². The Balaban J connectivity index is 0.00000145. The molecule has 0 spiro atoms. The standard InChI is InChI=1S/C18H25.C13H9.C6H10.2ClH.Zr/c1-12-3-13(2)17(4-12)11-18-8-14-5-15(9-18)7-16(6-14)10-18;1-3-7-12-10(5-1)9-11-6-2-4-8-13(11)12;1-2-4-6-5-3-1;;;/h4,12,14-16H,5-11H2,1-2H3;1-9H;1-5H2;2*1H;/q;;;;;+2/p-2. The molecular formula is C37H44Cl2Zr. The summed E-state index contributed by atoms with van der Waals surface area (Å²) in [6, 6.07) is 19.0. The Labute approximate surface area is 262 Å². The van der Waals surface area contributed by atoms with Crippen LogP contribution in [0.15, 0.2) is 69.0 Å². The topological polar surface area (TPSA) is 0 Å². The van der Waals surface area contributed by atoms with Gasteiger partial charge < -0.3 is 24.8 Å².